The maximum Gasteiger partial charge on any atom is 0.340 e. The van der Waals surface area contributed by atoms with Gasteiger partial charge in [0, 0.05) is 23.2 Å². The zero-order chi connectivity index (χ0) is 18.1. The van der Waals surface area contributed by atoms with Crippen LogP contribution in [0, 0.1) is 0 Å². The van der Waals surface area contributed by atoms with Crippen molar-refractivity contribution in [3.8, 4) is 0 Å². The van der Waals surface area contributed by atoms with Crippen LogP contribution in [0.3, 0.4) is 0 Å². The number of fused-ring (bicyclic) bond motifs is 1. The molecule has 4 rings (SSSR count). The lowest BCUT2D eigenvalue weighted by molar-refractivity contribution is 0.0248. The highest BCUT2D eigenvalue weighted by Crippen LogP contribution is 2.47. The molecule has 1 unspecified atom stereocenters. The summed E-state index contributed by atoms with van der Waals surface area (Å²) >= 11 is 0. The molecular weight excluding hydrogens is 322 g/mol. The Morgan fingerprint density at radius 1 is 0.808 bits per heavy atom. The number of rotatable bonds is 4. The van der Waals surface area contributed by atoms with E-state index in [0.29, 0.717) is 5.56 Å². The Bertz CT molecular complexity index is 949. The molecule has 1 aliphatic heterocycles. The summed E-state index contributed by atoms with van der Waals surface area (Å²) in [6.45, 7) is 0.768. The normalized spacial score (nSPS) is 18.7. The Labute approximate surface area is 153 Å². The lowest BCUT2D eigenvalue weighted by Gasteiger charge is -2.32. The van der Waals surface area contributed by atoms with Gasteiger partial charge in [-0.2, -0.15) is 0 Å². The molecule has 0 spiro atoms. The van der Waals surface area contributed by atoms with E-state index in [2.05, 4.69) is 17.0 Å². The third-order valence-electron chi connectivity index (χ3n) is 4.84. The average molecular weight is 343 g/mol. The van der Waals surface area contributed by atoms with Gasteiger partial charge in [-0.3, -0.25) is 0 Å². The first-order chi connectivity index (χ1) is 12.6. The fraction of sp³-hybridized carbons (Fsp3) is 0.174. The van der Waals surface area contributed by atoms with Crippen molar-refractivity contribution < 1.29 is 9.53 Å². The first-order valence-corrected chi connectivity index (χ1v) is 8.74. The maximum atomic E-state index is 12.7. The van der Waals surface area contributed by atoms with E-state index in [1.165, 1.54) is 0 Å². The first kappa shape index (κ1) is 16.6. The fourth-order valence-corrected chi connectivity index (χ4v) is 3.80. The Kier molecular flexibility index (Phi) is 4.09. The minimum absolute atomic E-state index is 0.274. The van der Waals surface area contributed by atoms with Crippen LogP contribution in [-0.2, 0) is 16.9 Å². The molecule has 26 heavy (non-hydrogen) atoms. The van der Waals surface area contributed by atoms with Crippen molar-refractivity contribution in [2.45, 2.75) is 12.1 Å². The smallest absolute Gasteiger partial charge is 0.340 e. The molecule has 1 heterocycles. The standard InChI is InChI=1S/C23H21NO2/c1-24(2)16-17-10-6-8-14-20(17)23(18-11-4-3-5-12-18)21-15-9-7-13-19(21)22(25)26-23/h3-15H,16H2,1-2H3. The number of hydrogen-bond donors (Lipinski definition) is 0. The zero-order valence-electron chi connectivity index (χ0n) is 15.0. The number of carbonyl (C=O) groups is 1. The molecule has 3 nitrogen and oxygen atoms in total. The molecule has 3 heteroatoms. The molecule has 0 bridgehead atoms. The highest BCUT2D eigenvalue weighted by Gasteiger charge is 2.49. The average Bonchev–Trinajstić information content (AvgIpc) is 2.96. The molecule has 0 aromatic heterocycles. The van der Waals surface area contributed by atoms with Gasteiger partial charge in [0.1, 0.15) is 0 Å². The van der Waals surface area contributed by atoms with E-state index in [9.17, 15) is 4.79 Å². The molecule has 0 fully saturated rings. The number of carbonyl (C=O) groups excluding carboxylic acids is 1. The predicted octanol–water partition coefficient (Wildman–Crippen LogP) is 4.21. The highest BCUT2D eigenvalue weighted by molar-refractivity contribution is 5.96. The maximum absolute atomic E-state index is 12.7. The van der Waals surface area contributed by atoms with Crippen LogP contribution in [-0.4, -0.2) is 25.0 Å². The molecule has 1 aliphatic rings. The molecule has 130 valence electrons. The lowest BCUT2D eigenvalue weighted by atomic mass is 9.78. The van der Waals surface area contributed by atoms with Crippen molar-refractivity contribution in [3.63, 3.8) is 0 Å². The molecule has 3 aromatic carbocycles. The van der Waals surface area contributed by atoms with Crippen molar-refractivity contribution in [2.24, 2.45) is 0 Å². The van der Waals surface area contributed by atoms with Crippen molar-refractivity contribution >= 4 is 5.97 Å². The van der Waals surface area contributed by atoms with Crippen LogP contribution in [0.15, 0.2) is 78.9 Å². The van der Waals surface area contributed by atoms with Crippen LogP contribution < -0.4 is 0 Å². The second-order valence-corrected chi connectivity index (χ2v) is 6.88. The summed E-state index contributed by atoms with van der Waals surface area (Å²) in [5.74, 6) is -0.274. The molecule has 0 N–H and O–H groups in total. The van der Waals surface area contributed by atoms with Gasteiger partial charge in [0.15, 0.2) is 5.60 Å². The van der Waals surface area contributed by atoms with Gasteiger partial charge in [-0.15, -0.1) is 0 Å². The minimum Gasteiger partial charge on any atom is -0.441 e. The quantitative estimate of drug-likeness (QED) is 0.665. The Balaban J connectivity index is 2.04. The second-order valence-electron chi connectivity index (χ2n) is 6.88. The van der Waals surface area contributed by atoms with Gasteiger partial charge in [0.25, 0.3) is 0 Å². The summed E-state index contributed by atoms with van der Waals surface area (Å²) < 4.78 is 6.16. The van der Waals surface area contributed by atoms with Crippen LogP contribution in [0.1, 0.15) is 32.6 Å². The summed E-state index contributed by atoms with van der Waals surface area (Å²) in [7, 11) is 4.08. The van der Waals surface area contributed by atoms with Crippen molar-refractivity contribution in [2.75, 3.05) is 14.1 Å². The van der Waals surface area contributed by atoms with Crippen LogP contribution in [0.4, 0.5) is 0 Å². The molecular formula is C23H21NO2. The summed E-state index contributed by atoms with van der Waals surface area (Å²) in [4.78, 5) is 14.9. The van der Waals surface area contributed by atoms with E-state index in [4.69, 9.17) is 4.74 Å². The molecule has 0 aliphatic carbocycles. The Hall–Kier alpha value is -2.91. The number of benzene rings is 3. The van der Waals surface area contributed by atoms with E-state index in [-0.39, 0.29) is 5.97 Å². The van der Waals surface area contributed by atoms with Crippen LogP contribution in [0.5, 0.6) is 0 Å². The van der Waals surface area contributed by atoms with Crippen LogP contribution in [0.25, 0.3) is 0 Å². The van der Waals surface area contributed by atoms with E-state index >= 15 is 0 Å². The summed E-state index contributed by atoms with van der Waals surface area (Å²) in [5.41, 5.74) is 3.74. The zero-order valence-corrected chi connectivity index (χ0v) is 15.0. The topological polar surface area (TPSA) is 29.5 Å². The Morgan fingerprint density at radius 2 is 1.42 bits per heavy atom. The Morgan fingerprint density at radius 3 is 2.15 bits per heavy atom. The molecule has 0 saturated carbocycles. The largest absolute Gasteiger partial charge is 0.441 e. The summed E-state index contributed by atoms with van der Waals surface area (Å²) in [6.07, 6.45) is 0. The highest BCUT2D eigenvalue weighted by atomic mass is 16.6. The van der Waals surface area contributed by atoms with Gasteiger partial charge in [0.05, 0.1) is 5.56 Å². The van der Waals surface area contributed by atoms with E-state index in [1.807, 2.05) is 80.8 Å². The molecule has 0 amide bonds. The summed E-state index contributed by atoms with van der Waals surface area (Å²) in [5, 5.41) is 0. The monoisotopic (exact) mass is 343 g/mol. The summed E-state index contributed by atoms with van der Waals surface area (Å²) in [6, 6.07) is 25.9. The van der Waals surface area contributed by atoms with E-state index < -0.39 is 5.60 Å². The van der Waals surface area contributed by atoms with Crippen molar-refractivity contribution in [3.05, 3.63) is 107 Å². The first-order valence-electron chi connectivity index (χ1n) is 8.74. The number of cyclic esters (lactones) is 1. The fourth-order valence-electron chi connectivity index (χ4n) is 3.80. The molecule has 1 atom stereocenters. The predicted molar refractivity (Wildman–Crippen MR) is 102 cm³/mol. The van der Waals surface area contributed by atoms with E-state index in [1.54, 1.807) is 0 Å². The number of ether oxygens (including phenoxy) is 1. The lowest BCUT2D eigenvalue weighted by Crippen LogP contribution is -2.31. The van der Waals surface area contributed by atoms with Gasteiger partial charge in [0.2, 0.25) is 0 Å². The van der Waals surface area contributed by atoms with Gasteiger partial charge >= 0.3 is 5.97 Å². The molecule has 0 radical (unpaired) electrons. The number of esters is 1. The van der Waals surface area contributed by atoms with Gasteiger partial charge < -0.3 is 9.64 Å². The van der Waals surface area contributed by atoms with Gasteiger partial charge in [-0.1, -0.05) is 72.8 Å². The van der Waals surface area contributed by atoms with Crippen molar-refractivity contribution in [1.82, 2.24) is 4.90 Å². The van der Waals surface area contributed by atoms with E-state index in [0.717, 1.165) is 28.8 Å². The molecule has 0 saturated heterocycles. The third kappa shape index (κ3) is 2.52. The van der Waals surface area contributed by atoms with Gasteiger partial charge in [-0.25, -0.2) is 4.79 Å². The SMILES string of the molecule is CN(C)Cc1ccccc1C1(c2ccccc2)OC(=O)c2ccccc21. The third-order valence-corrected chi connectivity index (χ3v) is 4.84. The van der Waals surface area contributed by atoms with Crippen molar-refractivity contribution in [1.29, 1.82) is 0 Å². The van der Waals surface area contributed by atoms with Crippen LogP contribution in [0.2, 0.25) is 0 Å². The number of nitrogens with zero attached hydrogens (tertiary/aromatic N) is 1. The molecule has 3 aromatic rings. The van der Waals surface area contributed by atoms with Crippen LogP contribution >= 0.6 is 0 Å². The second kappa shape index (κ2) is 6.43. The minimum atomic E-state index is -0.915. The van der Waals surface area contributed by atoms with Gasteiger partial charge in [-0.05, 0) is 25.7 Å². The number of hydrogen-bond acceptors (Lipinski definition) is 3.